The highest BCUT2D eigenvalue weighted by atomic mass is 16.5. The average Bonchev–Trinajstić information content (AvgIpc) is 2.29. The number of nitrogens with two attached hydrogens (primary N) is 1. The second kappa shape index (κ2) is 5.84. The van der Waals surface area contributed by atoms with Crippen LogP contribution in [-0.4, -0.2) is 20.3 Å². The van der Waals surface area contributed by atoms with Crippen LogP contribution in [0.2, 0.25) is 0 Å². The van der Waals surface area contributed by atoms with Gasteiger partial charge in [-0.3, -0.25) is 5.84 Å². The zero-order valence-corrected chi connectivity index (χ0v) is 10.2. The van der Waals surface area contributed by atoms with Crippen LogP contribution in [0.15, 0.2) is 24.3 Å². The average molecular weight is 223 g/mol. The molecule has 1 aromatic rings. The van der Waals surface area contributed by atoms with Gasteiger partial charge in [0, 0.05) is 17.5 Å². The van der Waals surface area contributed by atoms with Gasteiger partial charge < -0.3 is 10.1 Å². The molecule has 0 spiro atoms. The monoisotopic (exact) mass is 223 g/mol. The number of benzene rings is 1. The summed E-state index contributed by atoms with van der Waals surface area (Å²) in [6, 6.07) is 8.09. The van der Waals surface area contributed by atoms with Crippen molar-refractivity contribution in [3.63, 3.8) is 0 Å². The number of nitrogens with one attached hydrogen (secondary N) is 2. The lowest BCUT2D eigenvalue weighted by molar-refractivity contribution is 0.383. The predicted molar refractivity (Wildman–Crippen MR) is 66.2 cm³/mol. The van der Waals surface area contributed by atoms with Crippen molar-refractivity contribution in [2.24, 2.45) is 5.84 Å². The van der Waals surface area contributed by atoms with Gasteiger partial charge in [-0.15, -0.1) is 0 Å². The molecule has 1 aromatic carbocycles. The molecule has 0 heterocycles. The van der Waals surface area contributed by atoms with Crippen LogP contribution in [0, 0.1) is 0 Å². The molecule has 16 heavy (non-hydrogen) atoms. The van der Waals surface area contributed by atoms with Gasteiger partial charge in [0.05, 0.1) is 13.8 Å². The van der Waals surface area contributed by atoms with Crippen molar-refractivity contribution in [3.8, 4) is 5.75 Å². The molecule has 0 bridgehead atoms. The van der Waals surface area contributed by atoms with E-state index in [4.69, 9.17) is 10.6 Å². The van der Waals surface area contributed by atoms with E-state index in [-0.39, 0.29) is 5.41 Å². The SMILES string of the molecule is COc1ccccc1C(C)(C)CNCNN. The molecule has 0 aliphatic heterocycles. The van der Waals surface area contributed by atoms with Gasteiger partial charge in [-0.25, -0.2) is 5.43 Å². The topological polar surface area (TPSA) is 59.3 Å². The van der Waals surface area contributed by atoms with E-state index >= 15 is 0 Å². The minimum Gasteiger partial charge on any atom is -0.496 e. The van der Waals surface area contributed by atoms with Gasteiger partial charge in [-0.05, 0) is 6.07 Å². The maximum absolute atomic E-state index is 5.37. The molecule has 90 valence electrons. The summed E-state index contributed by atoms with van der Waals surface area (Å²) < 4.78 is 5.37. The second-order valence-corrected chi connectivity index (χ2v) is 4.39. The fourth-order valence-electron chi connectivity index (χ4n) is 1.75. The normalized spacial score (nSPS) is 11.5. The minimum atomic E-state index is 0.00343. The molecule has 0 saturated heterocycles. The number of hydrogen-bond acceptors (Lipinski definition) is 4. The van der Waals surface area contributed by atoms with Crippen LogP contribution in [0.5, 0.6) is 5.75 Å². The lowest BCUT2D eigenvalue weighted by atomic mass is 9.84. The Bertz CT molecular complexity index is 326. The summed E-state index contributed by atoms with van der Waals surface area (Å²) in [4.78, 5) is 0. The molecule has 4 nitrogen and oxygen atoms in total. The van der Waals surface area contributed by atoms with Gasteiger partial charge in [-0.1, -0.05) is 32.0 Å². The number of hydrogen-bond donors (Lipinski definition) is 3. The summed E-state index contributed by atoms with van der Waals surface area (Å²) >= 11 is 0. The van der Waals surface area contributed by atoms with Crippen LogP contribution in [0.25, 0.3) is 0 Å². The Hall–Kier alpha value is -1.10. The van der Waals surface area contributed by atoms with E-state index in [0.717, 1.165) is 12.3 Å². The van der Waals surface area contributed by atoms with Crippen molar-refractivity contribution in [3.05, 3.63) is 29.8 Å². The number of para-hydroxylation sites is 1. The molecule has 0 aliphatic carbocycles. The predicted octanol–water partition coefficient (Wildman–Crippen LogP) is 0.983. The van der Waals surface area contributed by atoms with Crippen molar-refractivity contribution in [1.29, 1.82) is 0 Å². The van der Waals surface area contributed by atoms with Gasteiger partial charge in [-0.2, -0.15) is 0 Å². The quantitative estimate of drug-likeness (QED) is 0.291. The summed E-state index contributed by atoms with van der Waals surface area (Å²) in [6.45, 7) is 5.78. The summed E-state index contributed by atoms with van der Waals surface area (Å²) in [5.74, 6) is 6.14. The molecule has 0 aliphatic rings. The molecule has 0 saturated carbocycles. The van der Waals surface area contributed by atoms with E-state index in [0.29, 0.717) is 6.67 Å². The van der Waals surface area contributed by atoms with Crippen molar-refractivity contribution in [2.75, 3.05) is 20.3 Å². The first-order valence-corrected chi connectivity index (χ1v) is 5.39. The fraction of sp³-hybridized carbons (Fsp3) is 0.500. The zero-order valence-electron chi connectivity index (χ0n) is 10.2. The molecule has 0 fully saturated rings. The first kappa shape index (κ1) is 13.0. The zero-order chi connectivity index (χ0) is 12.0. The molecule has 0 amide bonds. The van der Waals surface area contributed by atoms with Crippen molar-refractivity contribution >= 4 is 0 Å². The molecule has 0 aromatic heterocycles. The van der Waals surface area contributed by atoms with E-state index in [1.807, 2.05) is 18.2 Å². The van der Waals surface area contributed by atoms with Gasteiger partial charge >= 0.3 is 0 Å². The Morgan fingerprint density at radius 1 is 1.31 bits per heavy atom. The Kier molecular flexibility index (Phi) is 4.73. The molecule has 0 atom stereocenters. The maximum atomic E-state index is 5.37. The van der Waals surface area contributed by atoms with Crippen LogP contribution in [-0.2, 0) is 5.41 Å². The van der Waals surface area contributed by atoms with Crippen molar-refractivity contribution in [1.82, 2.24) is 10.7 Å². The number of methoxy groups -OCH3 is 1. The smallest absolute Gasteiger partial charge is 0.122 e. The van der Waals surface area contributed by atoms with Crippen LogP contribution >= 0.6 is 0 Å². The largest absolute Gasteiger partial charge is 0.496 e. The number of rotatable bonds is 6. The van der Waals surface area contributed by atoms with Gasteiger partial charge in [0.1, 0.15) is 5.75 Å². The first-order valence-electron chi connectivity index (χ1n) is 5.39. The van der Waals surface area contributed by atoms with E-state index in [9.17, 15) is 0 Å². The second-order valence-electron chi connectivity index (χ2n) is 4.39. The van der Waals surface area contributed by atoms with E-state index in [2.05, 4.69) is 30.7 Å². The van der Waals surface area contributed by atoms with Crippen LogP contribution in [0.4, 0.5) is 0 Å². The molecule has 0 unspecified atom stereocenters. The highest BCUT2D eigenvalue weighted by molar-refractivity contribution is 5.39. The Balaban J connectivity index is 2.79. The Morgan fingerprint density at radius 3 is 2.62 bits per heavy atom. The number of ether oxygens (including phenoxy) is 1. The Morgan fingerprint density at radius 2 is 2.00 bits per heavy atom. The molecule has 4 N–H and O–H groups in total. The summed E-state index contributed by atoms with van der Waals surface area (Å²) in [7, 11) is 1.70. The molecular formula is C12H21N3O. The van der Waals surface area contributed by atoms with Crippen LogP contribution in [0.3, 0.4) is 0 Å². The molecule has 4 heteroatoms. The highest BCUT2D eigenvalue weighted by Crippen LogP contribution is 2.30. The van der Waals surface area contributed by atoms with E-state index in [1.165, 1.54) is 5.56 Å². The van der Waals surface area contributed by atoms with Gasteiger partial charge in [0.25, 0.3) is 0 Å². The third-order valence-corrected chi connectivity index (χ3v) is 2.63. The lowest BCUT2D eigenvalue weighted by Gasteiger charge is -2.27. The summed E-state index contributed by atoms with van der Waals surface area (Å²) in [5.41, 5.74) is 3.78. The molecule has 0 radical (unpaired) electrons. The standard InChI is InChI=1S/C12H21N3O/c1-12(2,8-14-9-15-13)10-6-4-5-7-11(10)16-3/h4-7,14-15H,8-9,13H2,1-3H3. The Labute approximate surface area is 97.1 Å². The maximum Gasteiger partial charge on any atom is 0.122 e. The van der Waals surface area contributed by atoms with Gasteiger partial charge in [0.15, 0.2) is 0 Å². The number of hydrazine groups is 1. The van der Waals surface area contributed by atoms with E-state index in [1.54, 1.807) is 7.11 Å². The van der Waals surface area contributed by atoms with E-state index < -0.39 is 0 Å². The third-order valence-electron chi connectivity index (χ3n) is 2.63. The summed E-state index contributed by atoms with van der Waals surface area (Å²) in [5, 5.41) is 3.23. The van der Waals surface area contributed by atoms with Crippen molar-refractivity contribution in [2.45, 2.75) is 19.3 Å². The third kappa shape index (κ3) is 3.20. The minimum absolute atomic E-state index is 0.00343. The van der Waals surface area contributed by atoms with Gasteiger partial charge in [0.2, 0.25) is 0 Å². The fourth-order valence-corrected chi connectivity index (χ4v) is 1.75. The summed E-state index contributed by atoms with van der Waals surface area (Å²) in [6.07, 6.45) is 0. The van der Waals surface area contributed by atoms with Crippen LogP contribution in [0.1, 0.15) is 19.4 Å². The highest BCUT2D eigenvalue weighted by Gasteiger charge is 2.23. The van der Waals surface area contributed by atoms with Crippen molar-refractivity contribution < 1.29 is 4.74 Å². The molecular weight excluding hydrogens is 202 g/mol. The molecule has 1 rings (SSSR count). The van der Waals surface area contributed by atoms with Crippen LogP contribution < -0.4 is 21.3 Å². The lowest BCUT2D eigenvalue weighted by Crippen LogP contribution is -2.40. The first-order chi connectivity index (χ1) is 7.61.